The molecule has 1 amide bonds. The van der Waals surface area contributed by atoms with E-state index in [1.54, 1.807) is 15.9 Å². The van der Waals surface area contributed by atoms with Crippen molar-refractivity contribution in [2.45, 2.75) is 17.2 Å². The van der Waals surface area contributed by atoms with E-state index in [1.165, 1.54) is 24.3 Å². The van der Waals surface area contributed by atoms with Crippen LogP contribution in [-0.2, 0) is 26.9 Å². The molecule has 0 radical (unpaired) electrons. The smallest absolute Gasteiger partial charge is 0.378 e. The van der Waals surface area contributed by atoms with Crippen molar-refractivity contribution in [3.8, 4) is 0 Å². The van der Waals surface area contributed by atoms with E-state index in [0.29, 0.717) is 75.4 Å². The first-order valence-corrected chi connectivity index (χ1v) is 17.5. The van der Waals surface area contributed by atoms with Gasteiger partial charge in [0.25, 0.3) is 5.91 Å². The number of morpholine rings is 1. The Bertz CT molecular complexity index is 1710. The van der Waals surface area contributed by atoms with E-state index in [1.807, 2.05) is 9.80 Å². The summed E-state index contributed by atoms with van der Waals surface area (Å²) in [6.07, 6.45) is -7.89. The van der Waals surface area contributed by atoms with Gasteiger partial charge in [-0.05, 0) is 42.5 Å². The standard InChI is InChI=1S/C21H24F3N5O4S.C9H11F3N4/c1-34(31,32)15-2-3-17(27-10-12-33-13-11-27)16(14-15)20(30)29-8-6-28(7-9-29)19-5-4-18(25-26-19)21(22,23)24;10-9(11,12)7-1-2-8(15-14-7)16-5-3-13-4-6-16/h2-5,14H,6-13H2,1H3;1-2,13H,3-6H2. The average Bonchev–Trinajstić information content (AvgIpc) is 3.11. The highest BCUT2D eigenvalue weighted by Crippen LogP contribution is 2.30. The Kier molecular flexibility index (Phi) is 11.3. The number of nitrogens with zero attached hydrogens (tertiary/aromatic N) is 8. The SMILES string of the molecule is CS(=O)(=O)c1ccc(N2CCOCC2)c(C(=O)N2CCN(c3ccc(C(F)(F)F)nn3)CC2)c1.FC(F)(F)c1ccc(N2CCNCC2)nn1. The normalized spacial score (nSPS) is 17.7. The molecule has 3 aromatic rings. The number of sulfone groups is 1. The lowest BCUT2D eigenvalue weighted by atomic mass is 10.1. The molecule has 0 unspecified atom stereocenters. The Morgan fingerprint density at radius 1 is 0.700 bits per heavy atom. The van der Waals surface area contributed by atoms with E-state index >= 15 is 0 Å². The molecule has 272 valence electrons. The van der Waals surface area contributed by atoms with Gasteiger partial charge in [0.2, 0.25) is 0 Å². The Hall–Kier alpha value is -4.30. The van der Waals surface area contributed by atoms with E-state index in [-0.39, 0.29) is 10.8 Å². The maximum atomic E-state index is 13.4. The van der Waals surface area contributed by atoms with Crippen LogP contribution in [0.5, 0.6) is 0 Å². The second-order valence-electron chi connectivity index (χ2n) is 11.6. The minimum Gasteiger partial charge on any atom is -0.378 e. The van der Waals surface area contributed by atoms with Crippen LogP contribution in [0.25, 0.3) is 0 Å². The first kappa shape index (κ1) is 37.0. The lowest BCUT2D eigenvalue weighted by molar-refractivity contribution is -0.142. The van der Waals surface area contributed by atoms with Gasteiger partial charge in [-0.3, -0.25) is 4.79 Å². The van der Waals surface area contributed by atoms with Crippen LogP contribution in [-0.4, -0.2) is 125 Å². The van der Waals surface area contributed by atoms with Crippen molar-refractivity contribution < 1.29 is 44.3 Å². The van der Waals surface area contributed by atoms with Crippen LogP contribution < -0.4 is 20.0 Å². The van der Waals surface area contributed by atoms with Gasteiger partial charge >= 0.3 is 12.4 Å². The second kappa shape index (κ2) is 15.3. The van der Waals surface area contributed by atoms with Gasteiger partial charge < -0.3 is 29.7 Å². The number of benzene rings is 1. The fourth-order valence-corrected chi connectivity index (χ4v) is 6.14. The Labute approximate surface area is 284 Å². The van der Waals surface area contributed by atoms with Crippen LogP contribution in [0.1, 0.15) is 21.7 Å². The molecular weight excluding hydrogens is 696 g/mol. The van der Waals surface area contributed by atoms with Crippen LogP contribution in [0.4, 0.5) is 43.7 Å². The van der Waals surface area contributed by atoms with Gasteiger partial charge in [0.15, 0.2) is 32.9 Å². The number of anilines is 3. The van der Waals surface area contributed by atoms with Crippen LogP contribution in [0.2, 0.25) is 0 Å². The number of aromatic nitrogens is 4. The topological polar surface area (TPSA) is 137 Å². The molecule has 0 saturated carbocycles. The Balaban J connectivity index is 0.000000253. The summed E-state index contributed by atoms with van der Waals surface area (Å²) in [6.45, 7) is 6.57. The predicted octanol–water partition coefficient (Wildman–Crippen LogP) is 2.60. The molecule has 3 aliphatic rings. The van der Waals surface area contributed by atoms with Gasteiger partial charge in [-0.2, -0.15) is 26.3 Å². The summed E-state index contributed by atoms with van der Waals surface area (Å²) >= 11 is 0. The van der Waals surface area contributed by atoms with E-state index < -0.39 is 33.6 Å². The number of ether oxygens (including phenoxy) is 1. The van der Waals surface area contributed by atoms with Crippen molar-refractivity contribution in [2.75, 3.05) is 99.6 Å². The first-order chi connectivity index (χ1) is 23.6. The molecule has 6 rings (SSSR count). The maximum Gasteiger partial charge on any atom is 0.435 e. The predicted molar refractivity (Wildman–Crippen MR) is 170 cm³/mol. The number of halogens is 6. The number of amides is 1. The number of alkyl halides is 6. The molecule has 0 bridgehead atoms. The van der Waals surface area contributed by atoms with Gasteiger partial charge in [-0.15, -0.1) is 20.4 Å². The maximum absolute atomic E-state index is 13.4. The Morgan fingerprint density at radius 3 is 1.68 bits per heavy atom. The summed E-state index contributed by atoms with van der Waals surface area (Å²) in [7, 11) is -3.51. The fraction of sp³-hybridized carbons (Fsp3) is 0.500. The molecule has 0 spiro atoms. The number of carbonyl (C=O) groups excluding carboxylic acids is 1. The largest absolute Gasteiger partial charge is 0.435 e. The van der Waals surface area contributed by atoms with E-state index in [2.05, 4.69) is 25.7 Å². The summed E-state index contributed by atoms with van der Waals surface area (Å²) in [4.78, 5) is 20.8. The molecule has 20 heteroatoms. The first-order valence-electron chi connectivity index (χ1n) is 15.6. The van der Waals surface area contributed by atoms with Crippen LogP contribution >= 0.6 is 0 Å². The highest BCUT2D eigenvalue weighted by Gasteiger charge is 2.34. The molecule has 0 aliphatic carbocycles. The number of rotatable bonds is 5. The molecule has 3 fully saturated rings. The van der Waals surface area contributed by atoms with Gasteiger partial charge in [-0.1, -0.05) is 0 Å². The molecule has 1 aromatic carbocycles. The number of piperazine rings is 2. The minimum atomic E-state index is -4.56. The molecule has 13 nitrogen and oxygen atoms in total. The fourth-order valence-electron chi connectivity index (χ4n) is 5.49. The molecule has 2 aromatic heterocycles. The number of hydrogen-bond acceptors (Lipinski definition) is 12. The van der Waals surface area contributed by atoms with E-state index in [4.69, 9.17) is 4.74 Å². The third-order valence-electron chi connectivity index (χ3n) is 8.19. The van der Waals surface area contributed by atoms with E-state index in [0.717, 1.165) is 44.6 Å². The summed E-state index contributed by atoms with van der Waals surface area (Å²) in [5.41, 5.74) is -1.07. The van der Waals surface area contributed by atoms with Gasteiger partial charge in [0.1, 0.15) is 0 Å². The molecule has 5 heterocycles. The van der Waals surface area contributed by atoms with Gasteiger partial charge in [0.05, 0.1) is 23.7 Å². The zero-order valence-electron chi connectivity index (χ0n) is 26.9. The van der Waals surface area contributed by atoms with Crippen molar-refractivity contribution in [1.29, 1.82) is 0 Å². The van der Waals surface area contributed by atoms with Crippen molar-refractivity contribution in [2.24, 2.45) is 0 Å². The lowest BCUT2D eigenvalue weighted by Gasteiger charge is -2.36. The average molecular weight is 732 g/mol. The van der Waals surface area contributed by atoms with Crippen molar-refractivity contribution in [1.82, 2.24) is 30.6 Å². The van der Waals surface area contributed by atoms with Crippen molar-refractivity contribution in [3.63, 3.8) is 0 Å². The third kappa shape index (κ3) is 9.27. The number of hydrogen-bond donors (Lipinski definition) is 1. The Morgan fingerprint density at radius 2 is 1.22 bits per heavy atom. The minimum absolute atomic E-state index is 0.0616. The molecular formula is C30H35F6N9O4S. The highest BCUT2D eigenvalue weighted by molar-refractivity contribution is 7.90. The van der Waals surface area contributed by atoms with Crippen molar-refractivity contribution >= 4 is 33.1 Å². The van der Waals surface area contributed by atoms with Gasteiger partial charge in [-0.25, -0.2) is 8.42 Å². The molecule has 50 heavy (non-hydrogen) atoms. The van der Waals surface area contributed by atoms with Gasteiger partial charge in [0, 0.05) is 77.4 Å². The van der Waals surface area contributed by atoms with Crippen LogP contribution in [0.15, 0.2) is 47.4 Å². The lowest BCUT2D eigenvalue weighted by Crippen LogP contribution is -2.49. The zero-order chi connectivity index (χ0) is 36.1. The molecule has 3 saturated heterocycles. The monoisotopic (exact) mass is 731 g/mol. The second-order valence-corrected chi connectivity index (χ2v) is 13.6. The molecule has 1 N–H and O–H groups in total. The summed E-state index contributed by atoms with van der Waals surface area (Å²) in [5, 5.41) is 16.9. The summed E-state index contributed by atoms with van der Waals surface area (Å²) < 4.78 is 104. The van der Waals surface area contributed by atoms with E-state index in [9.17, 15) is 39.6 Å². The molecule has 3 aliphatic heterocycles. The highest BCUT2D eigenvalue weighted by atomic mass is 32.2. The van der Waals surface area contributed by atoms with Crippen LogP contribution in [0.3, 0.4) is 0 Å². The zero-order valence-corrected chi connectivity index (χ0v) is 27.7. The van der Waals surface area contributed by atoms with Crippen molar-refractivity contribution in [3.05, 3.63) is 59.4 Å². The van der Waals surface area contributed by atoms with Crippen LogP contribution in [0, 0.1) is 0 Å². The summed E-state index contributed by atoms with van der Waals surface area (Å²) in [6, 6.07) is 9.04. The third-order valence-corrected chi connectivity index (χ3v) is 9.30. The quantitative estimate of drug-likeness (QED) is 0.387. The number of carbonyl (C=O) groups is 1. The molecule has 0 atom stereocenters. The summed E-state index contributed by atoms with van der Waals surface area (Å²) in [5.74, 6) is 0.493. The number of nitrogens with one attached hydrogen (secondary N) is 1.